The number of amides is 1. The second-order valence-electron chi connectivity index (χ2n) is 5.21. The zero-order chi connectivity index (χ0) is 13.4. The summed E-state index contributed by atoms with van der Waals surface area (Å²) in [4.78, 5) is 14.0. The predicted molar refractivity (Wildman–Crippen MR) is 73.3 cm³/mol. The highest BCUT2D eigenvalue weighted by molar-refractivity contribution is 5.76. The fourth-order valence-corrected chi connectivity index (χ4v) is 2.74. The van der Waals surface area contributed by atoms with Gasteiger partial charge in [0.05, 0.1) is 13.0 Å². The second kappa shape index (κ2) is 8.48. The van der Waals surface area contributed by atoms with E-state index in [1.807, 2.05) is 11.9 Å². The Morgan fingerprint density at radius 3 is 2.72 bits per heavy atom. The van der Waals surface area contributed by atoms with E-state index >= 15 is 0 Å². The smallest absolute Gasteiger partial charge is 0.224 e. The molecule has 1 saturated carbocycles. The van der Waals surface area contributed by atoms with Gasteiger partial charge in [0.25, 0.3) is 0 Å². The molecule has 18 heavy (non-hydrogen) atoms. The molecule has 4 nitrogen and oxygen atoms in total. The van der Waals surface area contributed by atoms with Crippen LogP contribution in [0, 0.1) is 5.92 Å². The van der Waals surface area contributed by atoms with E-state index < -0.39 is 0 Å². The number of carbonyl (C=O) groups excluding carboxylic acids is 1. The maximum absolute atomic E-state index is 12.1. The molecular formula is C14H28N2O2. The van der Waals surface area contributed by atoms with Crippen molar-refractivity contribution in [3.05, 3.63) is 0 Å². The SMILES string of the molecule is CCCOCCC(=O)N(C)C1CCCCC1CN. The van der Waals surface area contributed by atoms with E-state index in [4.69, 9.17) is 10.5 Å². The van der Waals surface area contributed by atoms with Crippen LogP contribution in [-0.4, -0.2) is 43.7 Å². The molecule has 0 aliphatic heterocycles. The van der Waals surface area contributed by atoms with Gasteiger partial charge in [-0.3, -0.25) is 4.79 Å². The van der Waals surface area contributed by atoms with Gasteiger partial charge in [-0.25, -0.2) is 0 Å². The fourth-order valence-electron chi connectivity index (χ4n) is 2.74. The van der Waals surface area contributed by atoms with Gasteiger partial charge in [0.15, 0.2) is 0 Å². The van der Waals surface area contributed by atoms with Gasteiger partial charge in [-0.1, -0.05) is 19.8 Å². The van der Waals surface area contributed by atoms with Gasteiger partial charge in [0.1, 0.15) is 0 Å². The molecule has 0 radical (unpaired) electrons. The van der Waals surface area contributed by atoms with Gasteiger partial charge in [-0.2, -0.15) is 0 Å². The molecule has 0 aromatic heterocycles. The van der Waals surface area contributed by atoms with Crippen LogP contribution in [0.3, 0.4) is 0 Å². The molecule has 1 amide bonds. The molecule has 2 N–H and O–H groups in total. The van der Waals surface area contributed by atoms with Crippen molar-refractivity contribution in [2.45, 2.75) is 51.5 Å². The minimum absolute atomic E-state index is 0.191. The third-order valence-corrected chi connectivity index (χ3v) is 3.87. The van der Waals surface area contributed by atoms with E-state index in [0.717, 1.165) is 25.9 Å². The van der Waals surface area contributed by atoms with Crippen LogP contribution in [0.15, 0.2) is 0 Å². The predicted octanol–water partition coefficient (Wildman–Crippen LogP) is 1.78. The maximum Gasteiger partial charge on any atom is 0.224 e. The monoisotopic (exact) mass is 256 g/mol. The Balaban J connectivity index is 2.36. The third-order valence-electron chi connectivity index (χ3n) is 3.87. The third kappa shape index (κ3) is 4.58. The lowest BCUT2D eigenvalue weighted by Gasteiger charge is -2.37. The average molecular weight is 256 g/mol. The summed E-state index contributed by atoms with van der Waals surface area (Å²) >= 11 is 0. The van der Waals surface area contributed by atoms with Crippen molar-refractivity contribution in [1.29, 1.82) is 0 Å². The molecular weight excluding hydrogens is 228 g/mol. The van der Waals surface area contributed by atoms with E-state index in [2.05, 4.69) is 6.92 Å². The van der Waals surface area contributed by atoms with Crippen molar-refractivity contribution < 1.29 is 9.53 Å². The minimum Gasteiger partial charge on any atom is -0.381 e. The van der Waals surface area contributed by atoms with Gasteiger partial charge in [-0.05, 0) is 31.7 Å². The minimum atomic E-state index is 0.191. The van der Waals surface area contributed by atoms with Crippen molar-refractivity contribution in [2.75, 3.05) is 26.8 Å². The number of rotatable bonds is 7. The van der Waals surface area contributed by atoms with Crippen molar-refractivity contribution in [2.24, 2.45) is 11.7 Å². The summed E-state index contributed by atoms with van der Waals surface area (Å²) in [7, 11) is 1.92. The van der Waals surface area contributed by atoms with Crippen molar-refractivity contribution in [3.8, 4) is 0 Å². The van der Waals surface area contributed by atoms with Crippen LogP contribution in [0.2, 0.25) is 0 Å². The lowest BCUT2D eigenvalue weighted by Crippen LogP contribution is -2.46. The van der Waals surface area contributed by atoms with Gasteiger partial charge in [-0.15, -0.1) is 0 Å². The molecule has 1 rings (SSSR count). The Morgan fingerprint density at radius 1 is 1.33 bits per heavy atom. The quantitative estimate of drug-likeness (QED) is 0.706. The molecule has 0 spiro atoms. The number of nitrogens with zero attached hydrogens (tertiary/aromatic N) is 1. The maximum atomic E-state index is 12.1. The summed E-state index contributed by atoms with van der Waals surface area (Å²) in [5, 5.41) is 0. The number of ether oxygens (including phenoxy) is 1. The van der Waals surface area contributed by atoms with Crippen LogP contribution in [0.5, 0.6) is 0 Å². The summed E-state index contributed by atoms with van der Waals surface area (Å²) in [6, 6.07) is 0.336. The first-order valence-electron chi connectivity index (χ1n) is 7.24. The zero-order valence-corrected chi connectivity index (χ0v) is 11.9. The summed E-state index contributed by atoms with van der Waals surface area (Å²) in [5.74, 6) is 0.667. The Bertz CT molecular complexity index is 246. The molecule has 4 heteroatoms. The van der Waals surface area contributed by atoms with E-state index in [0.29, 0.717) is 31.5 Å². The first-order chi connectivity index (χ1) is 8.70. The Hall–Kier alpha value is -0.610. The average Bonchev–Trinajstić information content (AvgIpc) is 2.42. The van der Waals surface area contributed by atoms with Crippen LogP contribution >= 0.6 is 0 Å². The van der Waals surface area contributed by atoms with Gasteiger partial charge in [0, 0.05) is 19.7 Å². The number of carbonyl (C=O) groups is 1. The van der Waals surface area contributed by atoms with E-state index in [-0.39, 0.29) is 5.91 Å². The van der Waals surface area contributed by atoms with E-state index in [1.165, 1.54) is 12.8 Å². The fraction of sp³-hybridized carbons (Fsp3) is 0.929. The lowest BCUT2D eigenvalue weighted by atomic mass is 9.83. The standard InChI is InChI=1S/C14H28N2O2/c1-3-9-18-10-8-14(17)16(2)13-7-5-4-6-12(13)11-15/h12-13H,3-11,15H2,1-2H3. The van der Waals surface area contributed by atoms with Crippen LogP contribution in [0.4, 0.5) is 0 Å². The van der Waals surface area contributed by atoms with Gasteiger partial charge >= 0.3 is 0 Å². The second-order valence-corrected chi connectivity index (χ2v) is 5.21. The lowest BCUT2D eigenvalue weighted by molar-refractivity contribution is -0.134. The number of nitrogens with two attached hydrogens (primary N) is 1. The summed E-state index contributed by atoms with van der Waals surface area (Å²) in [6.07, 6.45) is 6.21. The Kier molecular flexibility index (Phi) is 7.28. The van der Waals surface area contributed by atoms with Crippen LogP contribution in [0.25, 0.3) is 0 Å². The topological polar surface area (TPSA) is 55.6 Å². The highest BCUT2D eigenvalue weighted by Gasteiger charge is 2.29. The van der Waals surface area contributed by atoms with Gasteiger partial charge in [0.2, 0.25) is 5.91 Å². The number of hydrogen-bond donors (Lipinski definition) is 1. The molecule has 0 heterocycles. The van der Waals surface area contributed by atoms with Crippen molar-refractivity contribution in [3.63, 3.8) is 0 Å². The summed E-state index contributed by atoms with van der Waals surface area (Å²) in [5.41, 5.74) is 5.81. The Morgan fingerprint density at radius 2 is 2.06 bits per heavy atom. The molecule has 106 valence electrons. The molecule has 1 fully saturated rings. The summed E-state index contributed by atoms with van der Waals surface area (Å²) in [6.45, 7) is 4.04. The molecule has 0 saturated heterocycles. The van der Waals surface area contributed by atoms with E-state index in [9.17, 15) is 4.79 Å². The van der Waals surface area contributed by atoms with E-state index in [1.54, 1.807) is 0 Å². The van der Waals surface area contributed by atoms with Crippen LogP contribution in [-0.2, 0) is 9.53 Å². The highest BCUT2D eigenvalue weighted by Crippen LogP contribution is 2.27. The van der Waals surface area contributed by atoms with Crippen molar-refractivity contribution in [1.82, 2.24) is 4.90 Å². The molecule has 2 atom stereocenters. The zero-order valence-electron chi connectivity index (χ0n) is 11.9. The Labute approximate surface area is 111 Å². The molecule has 0 bridgehead atoms. The van der Waals surface area contributed by atoms with Crippen LogP contribution in [0.1, 0.15) is 45.4 Å². The normalized spacial score (nSPS) is 23.9. The molecule has 1 aliphatic carbocycles. The summed E-state index contributed by atoms with van der Waals surface area (Å²) < 4.78 is 5.37. The molecule has 0 aromatic carbocycles. The highest BCUT2D eigenvalue weighted by atomic mass is 16.5. The first-order valence-corrected chi connectivity index (χ1v) is 7.24. The molecule has 2 unspecified atom stereocenters. The first kappa shape index (κ1) is 15.4. The van der Waals surface area contributed by atoms with Crippen molar-refractivity contribution >= 4 is 5.91 Å². The van der Waals surface area contributed by atoms with Gasteiger partial charge < -0.3 is 15.4 Å². The molecule has 1 aliphatic rings. The number of hydrogen-bond acceptors (Lipinski definition) is 3. The molecule has 0 aromatic rings. The van der Waals surface area contributed by atoms with Crippen LogP contribution < -0.4 is 5.73 Å². The largest absolute Gasteiger partial charge is 0.381 e.